The number of carbonyl (C=O) groups is 3. The number of hydrogen-bond acceptors (Lipinski definition) is 4. The Bertz CT molecular complexity index is 1280. The van der Waals surface area contributed by atoms with Crippen molar-refractivity contribution >= 4 is 52.5 Å². The van der Waals surface area contributed by atoms with Crippen LogP contribution >= 0.6 is 11.6 Å². The standard InChI is InChI=1S/C26H25ClFN3O3/c1-5-9-30-22-13-21(27)16(10-19(22)15(2)14-26(30,3)4)11-20-23(32)29-25(34)31(24(20)33)18-8-6-7-17(28)12-18/h6-8,10-14H,5,9H2,1-4H3,(H,29,32,34)/b20-11-. The minimum absolute atomic E-state index is 0.0219. The van der Waals surface area contributed by atoms with Crippen molar-refractivity contribution in [3.8, 4) is 0 Å². The number of hydrogen-bond donors (Lipinski definition) is 1. The first kappa shape index (κ1) is 23.7. The average molecular weight is 482 g/mol. The van der Waals surface area contributed by atoms with Gasteiger partial charge in [0, 0.05) is 22.8 Å². The molecule has 2 aromatic carbocycles. The lowest BCUT2D eigenvalue weighted by Gasteiger charge is -2.43. The SMILES string of the molecule is CCCN1c2cc(Cl)c(/C=C3/C(=O)NC(=O)N(c4cccc(F)c4)C3=O)cc2C(C)=CC1(C)C. The second-order valence-corrected chi connectivity index (χ2v) is 9.37. The molecular formula is C26H25ClFN3O3. The lowest BCUT2D eigenvalue weighted by molar-refractivity contribution is -0.122. The summed E-state index contributed by atoms with van der Waals surface area (Å²) in [4.78, 5) is 41.1. The highest BCUT2D eigenvalue weighted by molar-refractivity contribution is 6.40. The van der Waals surface area contributed by atoms with Gasteiger partial charge in [0.1, 0.15) is 11.4 Å². The molecule has 0 aliphatic carbocycles. The summed E-state index contributed by atoms with van der Waals surface area (Å²) in [5.74, 6) is -2.30. The van der Waals surface area contributed by atoms with Crippen molar-refractivity contribution in [2.24, 2.45) is 0 Å². The van der Waals surface area contributed by atoms with Gasteiger partial charge in [0.2, 0.25) is 0 Å². The van der Waals surface area contributed by atoms with E-state index < -0.39 is 23.7 Å². The van der Waals surface area contributed by atoms with Crippen LogP contribution in [0, 0.1) is 5.82 Å². The van der Waals surface area contributed by atoms with Crippen LogP contribution in [-0.4, -0.2) is 29.9 Å². The van der Waals surface area contributed by atoms with Crippen LogP contribution in [0.1, 0.15) is 45.2 Å². The quantitative estimate of drug-likeness (QED) is 0.458. The molecule has 176 valence electrons. The summed E-state index contributed by atoms with van der Waals surface area (Å²) in [6.07, 6.45) is 4.51. The molecule has 0 aromatic heterocycles. The third-order valence-electron chi connectivity index (χ3n) is 6.01. The first-order valence-corrected chi connectivity index (χ1v) is 11.4. The van der Waals surface area contributed by atoms with Gasteiger partial charge in [-0.2, -0.15) is 0 Å². The molecule has 0 saturated carbocycles. The third-order valence-corrected chi connectivity index (χ3v) is 6.34. The minimum Gasteiger partial charge on any atom is -0.362 e. The van der Waals surface area contributed by atoms with Gasteiger partial charge < -0.3 is 4.90 Å². The van der Waals surface area contributed by atoms with E-state index in [0.717, 1.165) is 40.8 Å². The molecular weight excluding hydrogens is 457 g/mol. The second-order valence-electron chi connectivity index (χ2n) is 8.96. The van der Waals surface area contributed by atoms with Crippen LogP contribution in [0.4, 0.5) is 20.6 Å². The van der Waals surface area contributed by atoms with Crippen molar-refractivity contribution in [1.82, 2.24) is 5.32 Å². The van der Waals surface area contributed by atoms with Gasteiger partial charge in [-0.1, -0.05) is 30.7 Å². The van der Waals surface area contributed by atoms with Crippen LogP contribution in [-0.2, 0) is 9.59 Å². The number of imide groups is 2. The van der Waals surface area contributed by atoms with Gasteiger partial charge in [0.25, 0.3) is 11.8 Å². The molecule has 0 spiro atoms. The Labute approximate surface area is 202 Å². The number of nitrogens with one attached hydrogen (secondary N) is 1. The molecule has 2 aliphatic rings. The lowest BCUT2D eigenvalue weighted by atomic mass is 9.87. The number of barbiturate groups is 1. The first-order chi connectivity index (χ1) is 16.0. The molecule has 1 saturated heterocycles. The minimum atomic E-state index is -0.939. The maximum Gasteiger partial charge on any atom is 0.335 e. The Kier molecular flexibility index (Phi) is 6.08. The van der Waals surface area contributed by atoms with Crippen LogP contribution in [0.2, 0.25) is 5.02 Å². The summed E-state index contributed by atoms with van der Waals surface area (Å²) in [7, 11) is 0. The first-order valence-electron chi connectivity index (χ1n) is 11.0. The molecule has 0 radical (unpaired) electrons. The highest BCUT2D eigenvalue weighted by atomic mass is 35.5. The summed E-state index contributed by atoms with van der Waals surface area (Å²) >= 11 is 6.62. The van der Waals surface area contributed by atoms with Crippen LogP contribution in [0.3, 0.4) is 0 Å². The Morgan fingerprint density at radius 1 is 1.15 bits per heavy atom. The van der Waals surface area contributed by atoms with Crippen molar-refractivity contribution in [2.75, 3.05) is 16.3 Å². The van der Waals surface area contributed by atoms with E-state index in [2.05, 4.69) is 37.1 Å². The van der Waals surface area contributed by atoms with Crippen LogP contribution in [0.15, 0.2) is 48.0 Å². The number of amides is 4. The highest BCUT2D eigenvalue weighted by Crippen LogP contribution is 2.42. The van der Waals surface area contributed by atoms with E-state index in [1.807, 2.05) is 19.1 Å². The molecule has 4 amide bonds. The Morgan fingerprint density at radius 3 is 2.56 bits per heavy atom. The second kappa shape index (κ2) is 8.72. The lowest BCUT2D eigenvalue weighted by Crippen LogP contribution is -2.54. The maximum atomic E-state index is 13.7. The zero-order valence-corrected chi connectivity index (χ0v) is 20.2. The summed E-state index contributed by atoms with van der Waals surface area (Å²) in [5.41, 5.74) is 3.01. The number of anilines is 2. The normalized spacial score (nSPS) is 18.7. The summed E-state index contributed by atoms with van der Waals surface area (Å²) in [6, 6.07) is 7.79. The molecule has 0 atom stereocenters. The molecule has 6 nitrogen and oxygen atoms in total. The number of nitrogens with zero attached hydrogens (tertiary/aromatic N) is 2. The number of benzene rings is 2. The molecule has 1 N–H and O–H groups in total. The molecule has 2 heterocycles. The monoisotopic (exact) mass is 481 g/mol. The van der Waals surface area contributed by atoms with Gasteiger partial charge in [-0.15, -0.1) is 0 Å². The maximum absolute atomic E-state index is 13.7. The van der Waals surface area contributed by atoms with E-state index in [-0.39, 0.29) is 16.8 Å². The number of urea groups is 1. The summed E-state index contributed by atoms with van der Waals surface area (Å²) in [5, 5.41) is 2.52. The predicted octanol–water partition coefficient (Wildman–Crippen LogP) is 5.56. The zero-order valence-electron chi connectivity index (χ0n) is 19.4. The predicted molar refractivity (Wildman–Crippen MR) is 132 cm³/mol. The molecule has 0 unspecified atom stereocenters. The summed E-state index contributed by atoms with van der Waals surface area (Å²) in [6.45, 7) is 9.24. The van der Waals surface area contributed by atoms with E-state index in [1.54, 1.807) is 0 Å². The molecule has 4 rings (SSSR count). The molecule has 34 heavy (non-hydrogen) atoms. The van der Waals surface area contributed by atoms with E-state index in [0.29, 0.717) is 10.6 Å². The summed E-state index contributed by atoms with van der Waals surface area (Å²) < 4.78 is 13.7. The largest absolute Gasteiger partial charge is 0.362 e. The number of carbonyl (C=O) groups excluding carboxylic acids is 3. The topological polar surface area (TPSA) is 69.7 Å². The van der Waals surface area contributed by atoms with Gasteiger partial charge in [-0.05, 0) is 74.7 Å². The van der Waals surface area contributed by atoms with Crippen molar-refractivity contribution in [1.29, 1.82) is 0 Å². The smallest absolute Gasteiger partial charge is 0.335 e. The average Bonchev–Trinajstić information content (AvgIpc) is 2.74. The fourth-order valence-corrected chi connectivity index (χ4v) is 4.73. The molecule has 1 fully saturated rings. The number of rotatable bonds is 4. The van der Waals surface area contributed by atoms with Crippen molar-refractivity contribution in [2.45, 2.75) is 39.7 Å². The fourth-order valence-electron chi connectivity index (χ4n) is 4.52. The van der Waals surface area contributed by atoms with Crippen LogP contribution in [0.5, 0.6) is 0 Å². The van der Waals surface area contributed by atoms with Crippen molar-refractivity contribution < 1.29 is 18.8 Å². The molecule has 2 aromatic rings. The van der Waals surface area contributed by atoms with Crippen molar-refractivity contribution in [3.05, 3.63) is 70.0 Å². The van der Waals surface area contributed by atoms with E-state index in [9.17, 15) is 18.8 Å². The number of allylic oxidation sites excluding steroid dienone is 1. The third kappa shape index (κ3) is 4.12. The molecule has 2 aliphatic heterocycles. The van der Waals surface area contributed by atoms with Crippen LogP contribution < -0.4 is 15.1 Å². The van der Waals surface area contributed by atoms with Gasteiger partial charge in [0.15, 0.2) is 0 Å². The van der Waals surface area contributed by atoms with Crippen LogP contribution in [0.25, 0.3) is 11.6 Å². The van der Waals surface area contributed by atoms with Gasteiger partial charge in [-0.25, -0.2) is 14.1 Å². The highest BCUT2D eigenvalue weighted by Gasteiger charge is 2.37. The number of fused-ring (bicyclic) bond motifs is 1. The molecule has 0 bridgehead atoms. The van der Waals surface area contributed by atoms with E-state index in [1.165, 1.54) is 24.3 Å². The van der Waals surface area contributed by atoms with Gasteiger partial charge in [0.05, 0.1) is 11.2 Å². The Balaban J connectivity index is 1.79. The fraction of sp³-hybridized carbons (Fsp3) is 0.269. The Hall–Kier alpha value is -3.45. The van der Waals surface area contributed by atoms with Crippen molar-refractivity contribution in [3.63, 3.8) is 0 Å². The number of halogens is 2. The molecule has 8 heteroatoms. The van der Waals surface area contributed by atoms with Gasteiger partial charge in [-0.3, -0.25) is 14.9 Å². The zero-order chi connectivity index (χ0) is 24.8. The van der Waals surface area contributed by atoms with E-state index >= 15 is 0 Å². The van der Waals surface area contributed by atoms with Gasteiger partial charge >= 0.3 is 6.03 Å². The van der Waals surface area contributed by atoms with E-state index in [4.69, 9.17) is 11.6 Å². The Morgan fingerprint density at radius 2 is 1.88 bits per heavy atom.